The lowest BCUT2D eigenvalue weighted by molar-refractivity contribution is -0.119. The number of rotatable bonds is 4. The van der Waals surface area contributed by atoms with Crippen molar-refractivity contribution in [2.24, 2.45) is 5.73 Å². The van der Waals surface area contributed by atoms with E-state index in [4.69, 9.17) is 5.73 Å². The minimum atomic E-state index is -0.198. The van der Waals surface area contributed by atoms with Crippen molar-refractivity contribution >= 4 is 5.91 Å². The average molecular weight is 220 g/mol. The molecular formula is C11H16N4O. The minimum Gasteiger partial charge on any atom is -0.344 e. The van der Waals surface area contributed by atoms with Crippen LogP contribution >= 0.6 is 0 Å². The van der Waals surface area contributed by atoms with Gasteiger partial charge in [0.1, 0.15) is 5.69 Å². The second-order valence-corrected chi connectivity index (χ2v) is 3.22. The van der Waals surface area contributed by atoms with Crippen LogP contribution in [-0.2, 0) is 11.3 Å². The molecule has 0 radical (unpaired) electrons. The zero-order valence-electron chi connectivity index (χ0n) is 9.36. The Morgan fingerprint density at radius 2 is 2.50 bits per heavy atom. The van der Waals surface area contributed by atoms with Crippen LogP contribution in [0, 0.1) is 11.8 Å². The van der Waals surface area contributed by atoms with Crippen molar-refractivity contribution in [2.45, 2.75) is 19.9 Å². The molecule has 0 fully saturated rings. The maximum Gasteiger partial charge on any atom is 0.234 e. The Labute approximate surface area is 95.0 Å². The van der Waals surface area contributed by atoms with Gasteiger partial charge in [0.15, 0.2) is 0 Å². The van der Waals surface area contributed by atoms with Gasteiger partial charge in [-0.3, -0.25) is 9.48 Å². The number of carbonyl (C=O) groups excluding carboxylic acids is 1. The van der Waals surface area contributed by atoms with E-state index in [9.17, 15) is 4.79 Å². The van der Waals surface area contributed by atoms with E-state index in [1.165, 1.54) is 0 Å². The fourth-order valence-corrected chi connectivity index (χ4v) is 1.18. The number of hydrogen-bond donors (Lipinski definition) is 2. The van der Waals surface area contributed by atoms with E-state index >= 15 is 0 Å². The van der Waals surface area contributed by atoms with E-state index in [1.807, 2.05) is 10.7 Å². The fraction of sp³-hybridized carbons (Fsp3) is 0.455. The normalized spacial score (nSPS) is 9.38. The molecule has 0 unspecified atom stereocenters. The van der Waals surface area contributed by atoms with Crippen molar-refractivity contribution in [3.8, 4) is 11.8 Å². The van der Waals surface area contributed by atoms with Crippen molar-refractivity contribution in [3.63, 3.8) is 0 Å². The van der Waals surface area contributed by atoms with Crippen molar-refractivity contribution in [3.05, 3.63) is 18.0 Å². The minimum absolute atomic E-state index is 0.00452. The van der Waals surface area contributed by atoms with Gasteiger partial charge in [0, 0.05) is 6.54 Å². The summed E-state index contributed by atoms with van der Waals surface area (Å²) in [6.07, 6.45) is 2.73. The quantitative estimate of drug-likeness (QED) is 0.685. The summed E-state index contributed by atoms with van der Waals surface area (Å²) in [7, 11) is 0. The molecule has 0 aliphatic rings. The van der Waals surface area contributed by atoms with Crippen molar-refractivity contribution in [2.75, 3.05) is 13.1 Å². The summed E-state index contributed by atoms with van der Waals surface area (Å²) in [6, 6.07) is 1.85. The van der Waals surface area contributed by atoms with E-state index in [0.29, 0.717) is 6.54 Å². The number of carbonyl (C=O) groups is 1. The number of aryl methyl sites for hydroxylation is 1. The highest BCUT2D eigenvalue weighted by Gasteiger charge is 1.96. The number of hydrogen-bond acceptors (Lipinski definition) is 3. The Morgan fingerprint density at radius 1 is 1.69 bits per heavy atom. The van der Waals surface area contributed by atoms with Crippen LogP contribution in [0.5, 0.6) is 0 Å². The van der Waals surface area contributed by atoms with Gasteiger partial charge in [-0.05, 0) is 18.4 Å². The first kappa shape index (κ1) is 12.3. The molecule has 0 saturated carbocycles. The number of nitrogens with one attached hydrogen (secondary N) is 1. The van der Waals surface area contributed by atoms with E-state index in [0.717, 1.165) is 18.7 Å². The topological polar surface area (TPSA) is 72.9 Å². The van der Waals surface area contributed by atoms with Crippen LogP contribution in [0.1, 0.15) is 19.0 Å². The van der Waals surface area contributed by atoms with Gasteiger partial charge < -0.3 is 11.1 Å². The third-order valence-electron chi connectivity index (χ3n) is 1.93. The Morgan fingerprint density at radius 3 is 3.19 bits per heavy atom. The molecule has 1 aromatic heterocycles. The van der Waals surface area contributed by atoms with Gasteiger partial charge >= 0.3 is 0 Å². The molecule has 0 aliphatic heterocycles. The molecule has 0 saturated heterocycles. The van der Waals surface area contributed by atoms with Crippen LogP contribution in [0.4, 0.5) is 0 Å². The highest BCUT2D eigenvalue weighted by atomic mass is 16.1. The van der Waals surface area contributed by atoms with E-state index < -0.39 is 0 Å². The second kappa shape index (κ2) is 6.64. The van der Waals surface area contributed by atoms with Crippen molar-refractivity contribution in [1.82, 2.24) is 15.1 Å². The standard InChI is InChI=1S/C11H16N4O/c1-2-8-15-10(5-7-14-15)4-3-6-13-11(16)9-12/h5,7H,2,6,8-9,12H2,1H3,(H,13,16). The summed E-state index contributed by atoms with van der Waals surface area (Å²) in [5.41, 5.74) is 6.00. The van der Waals surface area contributed by atoms with Crippen molar-refractivity contribution < 1.29 is 4.79 Å². The molecule has 0 aliphatic carbocycles. The zero-order chi connectivity index (χ0) is 11.8. The molecule has 5 nitrogen and oxygen atoms in total. The molecule has 86 valence electrons. The van der Waals surface area contributed by atoms with Crippen LogP contribution in [0.15, 0.2) is 12.3 Å². The smallest absolute Gasteiger partial charge is 0.234 e. The molecule has 0 bridgehead atoms. The molecular weight excluding hydrogens is 204 g/mol. The van der Waals surface area contributed by atoms with Crippen LogP contribution in [0.2, 0.25) is 0 Å². The molecule has 1 rings (SSSR count). The Kier molecular flexibility index (Phi) is 5.09. The Hall–Kier alpha value is -1.80. The molecule has 1 heterocycles. The van der Waals surface area contributed by atoms with E-state index in [-0.39, 0.29) is 12.5 Å². The maximum absolute atomic E-state index is 10.8. The SMILES string of the molecule is CCCn1nccc1C#CCNC(=O)CN. The Bertz CT molecular complexity index is 400. The summed E-state index contributed by atoms with van der Waals surface area (Å²) in [6.45, 7) is 3.25. The average Bonchev–Trinajstić information content (AvgIpc) is 2.72. The van der Waals surface area contributed by atoms with Gasteiger partial charge in [-0.2, -0.15) is 5.10 Å². The van der Waals surface area contributed by atoms with Gasteiger partial charge in [-0.1, -0.05) is 12.8 Å². The summed E-state index contributed by atoms with van der Waals surface area (Å²) >= 11 is 0. The molecule has 0 spiro atoms. The monoisotopic (exact) mass is 220 g/mol. The highest BCUT2D eigenvalue weighted by Crippen LogP contribution is 1.97. The third-order valence-corrected chi connectivity index (χ3v) is 1.93. The first-order valence-corrected chi connectivity index (χ1v) is 5.25. The van der Waals surface area contributed by atoms with Gasteiger partial charge in [0.2, 0.25) is 5.91 Å². The molecule has 0 aromatic carbocycles. The van der Waals surface area contributed by atoms with E-state index in [2.05, 4.69) is 29.2 Å². The predicted molar refractivity (Wildman–Crippen MR) is 61.5 cm³/mol. The first-order valence-electron chi connectivity index (χ1n) is 5.25. The number of aromatic nitrogens is 2. The fourth-order valence-electron chi connectivity index (χ4n) is 1.18. The summed E-state index contributed by atoms with van der Waals surface area (Å²) in [5, 5.41) is 6.72. The molecule has 16 heavy (non-hydrogen) atoms. The van der Waals surface area contributed by atoms with Gasteiger partial charge in [-0.25, -0.2) is 0 Å². The van der Waals surface area contributed by atoms with Gasteiger partial charge in [0.25, 0.3) is 0 Å². The summed E-state index contributed by atoms with van der Waals surface area (Å²) < 4.78 is 1.84. The largest absolute Gasteiger partial charge is 0.344 e. The van der Waals surface area contributed by atoms with Crippen molar-refractivity contribution in [1.29, 1.82) is 0 Å². The lowest BCUT2D eigenvalue weighted by Gasteiger charge is -1.99. The lowest BCUT2D eigenvalue weighted by Crippen LogP contribution is -2.30. The number of nitrogens with two attached hydrogens (primary N) is 1. The Balaban J connectivity index is 2.49. The van der Waals surface area contributed by atoms with Crippen LogP contribution in [-0.4, -0.2) is 28.8 Å². The highest BCUT2D eigenvalue weighted by molar-refractivity contribution is 5.77. The molecule has 3 N–H and O–H groups in total. The van der Waals surface area contributed by atoms with Crippen LogP contribution in [0.25, 0.3) is 0 Å². The van der Waals surface area contributed by atoms with Gasteiger partial charge in [0.05, 0.1) is 19.3 Å². The van der Waals surface area contributed by atoms with Crippen LogP contribution < -0.4 is 11.1 Å². The molecule has 1 aromatic rings. The predicted octanol–water partition coefficient (Wildman–Crippen LogP) is -0.280. The second-order valence-electron chi connectivity index (χ2n) is 3.22. The van der Waals surface area contributed by atoms with E-state index in [1.54, 1.807) is 6.20 Å². The van der Waals surface area contributed by atoms with Crippen LogP contribution in [0.3, 0.4) is 0 Å². The molecule has 1 amide bonds. The third kappa shape index (κ3) is 3.75. The number of nitrogens with zero attached hydrogens (tertiary/aromatic N) is 2. The first-order chi connectivity index (χ1) is 7.77. The zero-order valence-corrected chi connectivity index (χ0v) is 9.36. The summed E-state index contributed by atoms with van der Waals surface area (Å²) in [4.78, 5) is 10.8. The molecule has 5 heteroatoms. The van der Waals surface area contributed by atoms with Gasteiger partial charge in [-0.15, -0.1) is 0 Å². The maximum atomic E-state index is 10.8. The lowest BCUT2D eigenvalue weighted by atomic mass is 10.4. The number of amides is 1. The molecule has 0 atom stereocenters. The summed E-state index contributed by atoms with van der Waals surface area (Å²) in [5.74, 6) is 5.61.